The van der Waals surface area contributed by atoms with Crippen LogP contribution in [0.25, 0.3) is 22.4 Å². The SMILES string of the molecule is CCn1c(N)nc(-c2cccc(F)c2)c(-c2ccc(=O)n(Cc3ccccc3)c2)c1=O. The smallest absolute Gasteiger partial charge is 0.263 e. The van der Waals surface area contributed by atoms with Crippen molar-refractivity contribution in [2.24, 2.45) is 0 Å². The van der Waals surface area contributed by atoms with Gasteiger partial charge in [-0.15, -0.1) is 0 Å². The van der Waals surface area contributed by atoms with Crippen molar-refractivity contribution in [3.8, 4) is 22.4 Å². The number of halogens is 1. The molecule has 2 aromatic heterocycles. The zero-order chi connectivity index (χ0) is 22.0. The molecule has 0 saturated heterocycles. The molecule has 0 saturated carbocycles. The Bertz CT molecular complexity index is 1360. The first kappa shape index (κ1) is 20.3. The zero-order valence-electron chi connectivity index (χ0n) is 17.0. The van der Waals surface area contributed by atoms with E-state index in [0.717, 1.165) is 5.56 Å². The number of anilines is 1. The average molecular weight is 416 g/mol. The fraction of sp³-hybridized carbons (Fsp3) is 0.125. The Morgan fingerprint density at radius 1 is 0.968 bits per heavy atom. The molecule has 31 heavy (non-hydrogen) atoms. The molecule has 0 bridgehead atoms. The van der Waals surface area contributed by atoms with Crippen molar-refractivity contribution in [1.82, 2.24) is 14.1 Å². The van der Waals surface area contributed by atoms with Crippen LogP contribution in [0.2, 0.25) is 0 Å². The first-order valence-corrected chi connectivity index (χ1v) is 9.89. The van der Waals surface area contributed by atoms with Gasteiger partial charge in [0.05, 0.1) is 17.8 Å². The summed E-state index contributed by atoms with van der Waals surface area (Å²) >= 11 is 0. The van der Waals surface area contributed by atoms with Gasteiger partial charge in [0, 0.05) is 29.9 Å². The van der Waals surface area contributed by atoms with Crippen LogP contribution in [-0.2, 0) is 13.1 Å². The van der Waals surface area contributed by atoms with Gasteiger partial charge in [-0.25, -0.2) is 9.37 Å². The van der Waals surface area contributed by atoms with Crippen molar-refractivity contribution < 1.29 is 4.39 Å². The van der Waals surface area contributed by atoms with E-state index < -0.39 is 5.82 Å². The van der Waals surface area contributed by atoms with Gasteiger partial charge in [-0.1, -0.05) is 42.5 Å². The molecular weight excluding hydrogens is 395 g/mol. The number of rotatable bonds is 5. The second-order valence-corrected chi connectivity index (χ2v) is 7.12. The van der Waals surface area contributed by atoms with Crippen LogP contribution in [-0.4, -0.2) is 14.1 Å². The first-order chi connectivity index (χ1) is 15.0. The lowest BCUT2D eigenvalue weighted by molar-refractivity contribution is 0.628. The van der Waals surface area contributed by atoms with Gasteiger partial charge in [-0.3, -0.25) is 14.2 Å². The summed E-state index contributed by atoms with van der Waals surface area (Å²) in [5, 5.41) is 0. The highest BCUT2D eigenvalue weighted by Gasteiger charge is 2.19. The van der Waals surface area contributed by atoms with Gasteiger partial charge in [0.1, 0.15) is 5.82 Å². The summed E-state index contributed by atoms with van der Waals surface area (Å²) in [5.41, 5.74) is 7.91. The van der Waals surface area contributed by atoms with Gasteiger partial charge in [-0.05, 0) is 30.7 Å². The molecule has 0 aliphatic carbocycles. The third-order valence-electron chi connectivity index (χ3n) is 5.08. The Morgan fingerprint density at radius 3 is 2.45 bits per heavy atom. The molecular formula is C24H21FN4O2. The largest absolute Gasteiger partial charge is 0.369 e. The third-order valence-corrected chi connectivity index (χ3v) is 5.08. The van der Waals surface area contributed by atoms with E-state index in [1.807, 2.05) is 30.3 Å². The van der Waals surface area contributed by atoms with E-state index in [1.165, 1.54) is 27.3 Å². The number of nitrogen functional groups attached to an aromatic ring is 1. The molecule has 2 N–H and O–H groups in total. The predicted octanol–water partition coefficient (Wildman–Crippen LogP) is 3.53. The van der Waals surface area contributed by atoms with Gasteiger partial charge in [0.25, 0.3) is 11.1 Å². The molecule has 0 unspecified atom stereocenters. The lowest BCUT2D eigenvalue weighted by Gasteiger charge is -2.15. The number of aromatic nitrogens is 3. The van der Waals surface area contributed by atoms with Gasteiger partial charge < -0.3 is 10.3 Å². The van der Waals surface area contributed by atoms with Crippen LogP contribution in [0, 0.1) is 5.82 Å². The molecule has 0 aliphatic heterocycles. The Hall–Kier alpha value is -4.00. The van der Waals surface area contributed by atoms with Crippen molar-refractivity contribution in [2.75, 3.05) is 5.73 Å². The highest BCUT2D eigenvalue weighted by molar-refractivity contribution is 5.80. The molecule has 4 aromatic rings. The zero-order valence-corrected chi connectivity index (χ0v) is 17.0. The first-order valence-electron chi connectivity index (χ1n) is 9.89. The van der Waals surface area contributed by atoms with Gasteiger partial charge in [0.2, 0.25) is 5.95 Å². The number of hydrogen-bond acceptors (Lipinski definition) is 4. The maximum atomic E-state index is 13.9. The van der Waals surface area contributed by atoms with E-state index >= 15 is 0 Å². The minimum absolute atomic E-state index is 0.0492. The van der Waals surface area contributed by atoms with Crippen LogP contribution < -0.4 is 16.9 Å². The summed E-state index contributed by atoms with van der Waals surface area (Å²) in [5.74, 6) is -0.398. The molecule has 156 valence electrons. The van der Waals surface area contributed by atoms with Crippen LogP contribution in [0.1, 0.15) is 12.5 Å². The van der Waals surface area contributed by atoms with Crippen molar-refractivity contribution >= 4 is 5.95 Å². The maximum absolute atomic E-state index is 13.9. The average Bonchev–Trinajstić information content (AvgIpc) is 2.76. The predicted molar refractivity (Wildman–Crippen MR) is 119 cm³/mol. The third kappa shape index (κ3) is 4.02. The summed E-state index contributed by atoms with van der Waals surface area (Å²) in [4.78, 5) is 30.2. The maximum Gasteiger partial charge on any atom is 0.263 e. The van der Waals surface area contributed by atoms with Crippen LogP contribution in [0.4, 0.5) is 10.3 Å². The molecule has 0 spiro atoms. The molecule has 7 heteroatoms. The lowest BCUT2D eigenvalue weighted by atomic mass is 10.0. The standard InChI is InChI=1S/C24H21FN4O2/c1-2-29-23(31)21(22(27-24(29)26)17-9-6-10-19(25)13-17)18-11-12-20(30)28(15-18)14-16-7-4-3-5-8-16/h3-13,15H,2,14H2,1H3,(H2,26,27). The quantitative estimate of drug-likeness (QED) is 0.540. The topological polar surface area (TPSA) is 82.9 Å². The Balaban J connectivity index is 1.94. The molecule has 0 fully saturated rings. The fourth-order valence-corrected chi connectivity index (χ4v) is 3.56. The van der Waals surface area contributed by atoms with Crippen molar-refractivity contribution in [3.63, 3.8) is 0 Å². The Morgan fingerprint density at radius 2 is 1.74 bits per heavy atom. The summed E-state index contributed by atoms with van der Waals surface area (Å²) < 4.78 is 16.8. The summed E-state index contributed by atoms with van der Waals surface area (Å²) in [7, 11) is 0. The van der Waals surface area contributed by atoms with Crippen LogP contribution in [0.15, 0.2) is 82.5 Å². The van der Waals surface area contributed by atoms with Gasteiger partial charge >= 0.3 is 0 Å². The van der Waals surface area contributed by atoms with Crippen molar-refractivity contribution in [2.45, 2.75) is 20.0 Å². The number of benzene rings is 2. The fourth-order valence-electron chi connectivity index (χ4n) is 3.56. The van der Waals surface area contributed by atoms with E-state index in [0.29, 0.717) is 24.2 Å². The molecule has 0 radical (unpaired) electrons. The molecule has 6 nitrogen and oxygen atoms in total. The summed E-state index contributed by atoms with van der Waals surface area (Å²) in [6, 6.07) is 18.4. The van der Waals surface area contributed by atoms with E-state index in [1.54, 1.807) is 31.3 Å². The van der Waals surface area contributed by atoms with Crippen molar-refractivity contribution in [3.05, 3.63) is 105 Å². The van der Waals surface area contributed by atoms with Crippen LogP contribution in [0.3, 0.4) is 0 Å². The molecule has 0 atom stereocenters. The van der Waals surface area contributed by atoms with E-state index in [4.69, 9.17) is 5.73 Å². The number of pyridine rings is 1. The number of hydrogen-bond donors (Lipinski definition) is 1. The summed E-state index contributed by atoms with van der Waals surface area (Å²) in [6.45, 7) is 2.48. The normalized spacial score (nSPS) is 10.9. The molecule has 0 aliphatic rings. The Labute approximate surface area is 178 Å². The second kappa shape index (κ2) is 8.39. The Kier molecular flexibility index (Phi) is 5.49. The van der Waals surface area contributed by atoms with Crippen LogP contribution in [0.5, 0.6) is 0 Å². The minimum Gasteiger partial charge on any atom is -0.369 e. The van der Waals surface area contributed by atoms with Crippen LogP contribution >= 0.6 is 0 Å². The monoisotopic (exact) mass is 416 g/mol. The minimum atomic E-state index is -0.447. The van der Waals surface area contributed by atoms with Gasteiger partial charge in [-0.2, -0.15) is 0 Å². The molecule has 2 heterocycles. The van der Waals surface area contributed by atoms with E-state index in [9.17, 15) is 14.0 Å². The number of nitrogens with zero attached hydrogens (tertiary/aromatic N) is 3. The number of nitrogens with two attached hydrogens (primary N) is 1. The molecule has 4 rings (SSSR count). The highest BCUT2D eigenvalue weighted by Crippen LogP contribution is 2.28. The van der Waals surface area contributed by atoms with Crippen molar-refractivity contribution in [1.29, 1.82) is 0 Å². The van der Waals surface area contributed by atoms with Gasteiger partial charge in [0.15, 0.2) is 0 Å². The van der Waals surface area contributed by atoms with E-state index in [-0.39, 0.29) is 28.3 Å². The second-order valence-electron chi connectivity index (χ2n) is 7.12. The van der Waals surface area contributed by atoms with E-state index in [2.05, 4.69) is 4.98 Å². The summed E-state index contributed by atoms with van der Waals surface area (Å²) in [6.07, 6.45) is 1.63. The lowest BCUT2D eigenvalue weighted by Crippen LogP contribution is -2.27. The molecule has 2 aromatic carbocycles. The molecule has 0 amide bonds. The highest BCUT2D eigenvalue weighted by atomic mass is 19.1.